The van der Waals surface area contributed by atoms with Crippen LogP contribution < -0.4 is 5.32 Å². The molecule has 1 amide bonds. The van der Waals surface area contributed by atoms with Crippen molar-refractivity contribution < 1.29 is 13.6 Å². The number of amides is 1. The number of anilines is 1. The first-order valence-corrected chi connectivity index (χ1v) is 7.75. The molecule has 8 heteroatoms. The van der Waals surface area contributed by atoms with Gasteiger partial charge in [0.25, 0.3) is 0 Å². The van der Waals surface area contributed by atoms with Crippen LogP contribution in [0.4, 0.5) is 14.6 Å². The predicted octanol–water partition coefficient (Wildman–Crippen LogP) is 3.44. The zero-order valence-electron chi connectivity index (χ0n) is 12.9. The highest BCUT2D eigenvalue weighted by atomic mass is 35.5. The van der Waals surface area contributed by atoms with E-state index in [-0.39, 0.29) is 18.9 Å². The Morgan fingerprint density at radius 1 is 1.12 bits per heavy atom. The molecule has 25 heavy (non-hydrogen) atoms. The van der Waals surface area contributed by atoms with Gasteiger partial charge >= 0.3 is 0 Å². The Bertz CT molecular complexity index is 896. The minimum atomic E-state index is -0.908. The number of nitrogens with one attached hydrogen (secondary N) is 1. The molecule has 0 bridgehead atoms. The molecule has 0 aliphatic carbocycles. The molecule has 2 heterocycles. The quantitative estimate of drug-likeness (QED) is 0.707. The van der Waals surface area contributed by atoms with Crippen LogP contribution in [0.2, 0.25) is 5.15 Å². The third kappa shape index (κ3) is 4.60. The smallest absolute Gasteiger partial charge is 0.230 e. The Kier molecular flexibility index (Phi) is 5.04. The molecule has 0 aliphatic rings. The van der Waals surface area contributed by atoms with Crippen LogP contribution in [0.25, 0.3) is 0 Å². The zero-order valence-corrected chi connectivity index (χ0v) is 13.7. The summed E-state index contributed by atoms with van der Waals surface area (Å²) in [4.78, 5) is 15.9. The predicted molar refractivity (Wildman–Crippen MR) is 89.3 cm³/mol. The van der Waals surface area contributed by atoms with Crippen molar-refractivity contribution in [3.8, 4) is 0 Å². The lowest BCUT2D eigenvalue weighted by Gasteiger charge is -2.04. The molecule has 5 nitrogen and oxygen atoms in total. The Hall–Kier alpha value is -2.80. The van der Waals surface area contributed by atoms with Gasteiger partial charge in [-0.15, -0.1) is 0 Å². The van der Waals surface area contributed by atoms with Gasteiger partial charge in [-0.25, -0.2) is 13.8 Å². The van der Waals surface area contributed by atoms with Gasteiger partial charge in [0, 0.05) is 18.5 Å². The molecular formula is C17H13ClF2N4O. The molecule has 0 fully saturated rings. The lowest BCUT2D eigenvalue weighted by Crippen LogP contribution is -2.15. The molecule has 0 saturated carbocycles. The highest BCUT2D eigenvalue weighted by molar-refractivity contribution is 6.29. The number of halogens is 3. The van der Waals surface area contributed by atoms with Gasteiger partial charge in [-0.1, -0.05) is 23.7 Å². The van der Waals surface area contributed by atoms with E-state index in [4.69, 9.17) is 11.6 Å². The van der Waals surface area contributed by atoms with Crippen LogP contribution in [0.1, 0.15) is 11.1 Å². The SMILES string of the molecule is O=C(Cc1ccc(Cl)nc1)Nc1ccn(Cc2ccc(F)c(F)c2)n1. The van der Waals surface area contributed by atoms with E-state index in [0.717, 1.165) is 17.7 Å². The minimum Gasteiger partial charge on any atom is -0.309 e. The van der Waals surface area contributed by atoms with Crippen LogP contribution in [0.5, 0.6) is 0 Å². The summed E-state index contributed by atoms with van der Waals surface area (Å²) in [6, 6.07) is 8.61. The summed E-state index contributed by atoms with van der Waals surface area (Å²) in [7, 11) is 0. The second-order valence-corrected chi connectivity index (χ2v) is 5.75. The number of benzene rings is 1. The summed E-state index contributed by atoms with van der Waals surface area (Å²) in [6.07, 6.45) is 3.31. The van der Waals surface area contributed by atoms with E-state index in [0.29, 0.717) is 16.5 Å². The fourth-order valence-corrected chi connectivity index (χ4v) is 2.34. The van der Waals surface area contributed by atoms with Gasteiger partial charge in [0.05, 0.1) is 13.0 Å². The molecule has 3 aromatic rings. The van der Waals surface area contributed by atoms with Crippen molar-refractivity contribution >= 4 is 23.3 Å². The van der Waals surface area contributed by atoms with Crippen LogP contribution in [0, 0.1) is 11.6 Å². The van der Waals surface area contributed by atoms with Crippen LogP contribution >= 0.6 is 11.6 Å². The number of carbonyl (C=O) groups excluding carboxylic acids is 1. The lowest BCUT2D eigenvalue weighted by atomic mass is 10.2. The molecule has 3 rings (SSSR count). The van der Waals surface area contributed by atoms with Crippen LogP contribution in [0.15, 0.2) is 48.8 Å². The molecular weight excluding hydrogens is 350 g/mol. The van der Waals surface area contributed by atoms with Gasteiger partial charge in [-0.05, 0) is 29.3 Å². The van der Waals surface area contributed by atoms with Gasteiger partial charge in [-0.3, -0.25) is 9.48 Å². The number of carbonyl (C=O) groups is 1. The summed E-state index contributed by atoms with van der Waals surface area (Å²) in [5.41, 5.74) is 1.29. The standard InChI is InChI=1S/C17H13ClF2N4O/c18-15-4-2-11(9-21-15)8-17(25)22-16-5-6-24(23-16)10-12-1-3-13(19)14(20)7-12/h1-7,9H,8,10H2,(H,22,23,25). The molecule has 0 unspecified atom stereocenters. The highest BCUT2D eigenvalue weighted by Gasteiger charge is 2.08. The van der Waals surface area contributed by atoms with E-state index in [1.165, 1.54) is 16.9 Å². The topological polar surface area (TPSA) is 59.8 Å². The van der Waals surface area contributed by atoms with Crippen molar-refractivity contribution in [2.75, 3.05) is 5.32 Å². The number of pyridine rings is 1. The fraction of sp³-hybridized carbons (Fsp3) is 0.118. The van der Waals surface area contributed by atoms with Gasteiger partial charge in [-0.2, -0.15) is 5.10 Å². The maximum absolute atomic E-state index is 13.2. The zero-order chi connectivity index (χ0) is 17.8. The normalized spacial score (nSPS) is 10.7. The first-order valence-electron chi connectivity index (χ1n) is 7.37. The molecule has 0 spiro atoms. The Morgan fingerprint density at radius 2 is 1.92 bits per heavy atom. The van der Waals surface area contributed by atoms with Crippen molar-refractivity contribution in [1.29, 1.82) is 0 Å². The summed E-state index contributed by atoms with van der Waals surface area (Å²) < 4.78 is 27.7. The van der Waals surface area contributed by atoms with Crippen molar-refractivity contribution in [2.45, 2.75) is 13.0 Å². The van der Waals surface area contributed by atoms with Crippen LogP contribution in [-0.4, -0.2) is 20.7 Å². The molecule has 0 atom stereocenters. The number of hydrogen-bond donors (Lipinski definition) is 1. The molecule has 0 saturated heterocycles. The Labute approximate surface area is 147 Å². The van der Waals surface area contributed by atoms with Crippen molar-refractivity contribution in [3.63, 3.8) is 0 Å². The third-order valence-electron chi connectivity index (χ3n) is 3.39. The molecule has 128 valence electrons. The average molecular weight is 363 g/mol. The van der Waals surface area contributed by atoms with Crippen molar-refractivity contribution in [2.24, 2.45) is 0 Å². The number of hydrogen-bond acceptors (Lipinski definition) is 3. The van der Waals surface area contributed by atoms with E-state index < -0.39 is 11.6 Å². The maximum Gasteiger partial charge on any atom is 0.230 e. The van der Waals surface area contributed by atoms with E-state index in [1.54, 1.807) is 24.4 Å². The molecule has 0 radical (unpaired) electrons. The van der Waals surface area contributed by atoms with Crippen molar-refractivity contribution in [3.05, 3.63) is 76.7 Å². The highest BCUT2D eigenvalue weighted by Crippen LogP contribution is 2.12. The largest absolute Gasteiger partial charge is 0.309 e. The monoisotopic (exact) mass is 362 g/mol. The van der Waals surface area contributed by atoms with Gasteiger partial charge in [0.2, 0.25) is 5.91 Å². The van der Waals surface area contributed by atoms with Crippen LogP contribution in [0.3, 0.4) is 0 Å². The summed E-state index contributed by atoms with van der Waals surface area (Å²) in [5.74, 6) is -1.68. The maximum atomic E-state index is 13.2. The molecule has 1 N–H and O–H groups in total. The molecule has 1 aromatic carbocycles. The fourth-order valence-electron chi connectivity index (χ4n) is 2.22. The third-order valence-corrected chi connectivity index (χ3v) is 3.61. The van der Waals surface area contributed by atoms with E-state index in [2.05, 4.69) is 15.4 Å². The number of aromatic nitrogens is 3. The van der Waals surface area contributed by atoms with E-state index in [1.807, 2.05) is 0 Å². The van der Waals surface area contributed by atoms with Gasteiger partial charge < -0.3 is 5.32 Å². The summed E-state index contributed by atoms with van der Waals surface area (Å²) in [6.45, 7) is 0.258. The van der Waals surface area contributed by atoms with E-state index in [9.17, 15) is 13.6 Å². The first-order chi connectivity index (χ1) is 12.0. The van der Waals surface area contributed by atoms with Gasteiger partial charge in [0.15, 0.2) is 17.5 Å². The average Bonchev–Trinajstić information content (AvgIpc) is 3.00. The summed E-state index contributed by atoms with van der Waals surface area (Å²) in [5, 5.41) is 7.21. The van der Waals surface area contributed by atoms with Crippen LogP contribution in [-0.2, 0) is 17.8 Å². The first kappa shape index (κ1) is 17.0. The molecule has 0 aliphatic heterocycles. The van der Waals surface area contributed by atoms with Gasteiger partial charge in [0.1, 0.15) is 5.15 Å². The minimum absolute atomic E-state index is 0.139. The number of rotatable bonds is 5. The second kappa shape index (κ2) is 7.40. The second-order valence-electron chi connectivity index (χ2n) is 5.36. The van der Waals surface area contributed by atoms with E-state index >= 15 is 0 Å². The Balaban J connectivity index is 1.60. The lowest BCUT2D eigenvalue weighted by molar-refractivity contribution is -0.115. The summed E-state index contributed by atoms with van der Waals surface area (Å²) >= 11 is 5.70. The number of nitrogens with zero attached hydrogens (tertiary/aromatic N) is 3. The van der Waals surface area contributed by atoms with Crippen molar-refractivity contribution in [1.82, 2.24) is 14.8 Å². The Morgan fingerprint density at radius 3 is 2.64 bits per heavy atom. The molecule has 2 aromatic heterocycles.